The maximum atomic E-state index is 13.1. The zero-order valence-electron chi connectivity index (χ0n) is 18.9. The molecular formula is C21H32N4O7S2. The summed E-state index contributed by atoms with van der Waals surface area (Å²) in [6.07, 6.45) is 0.669. The van der Waals surface area contributed by atoms with Crippen LogP contribution in [0.15, 0.2) is 24.3 Å². The van der Waals surface area contributed by atoms with Gasteiger partial charge in [0.2, 0.25) is 17.7 Å². The fraction of sp³-hybridized carbons (Fsp3) is 0.524. The van der Waals surface area contributed by atoms with E-state index < -0.39 is 54.0 Å². The Labute approximate surface area is 207 Å². The lowest BCUT2D eigenvalue weighted by molar-refractivity contribution is -0.145. The lowest BCUT2D eigenvalue weighted by atomic mass is 10.0. The number of phenolic OH excluding ortho intramolecular Hbond substituents is 1. The number of aliphatic carboxylic acids is 1. The standard InChI is InChI=1S/C21H32N4O7S2/c1-11(26)17(21(31)32)25-19(29)15(7-8-34-2)23-20(30)16(24-18(28)14(22)10-33)9-12-3-5-13(27)6-4-12/h3-6,11,14-17,26-27,33H,7-10,22H2,1-2H3,(H,23,30)(H,24,28)(H,25,29)(H,31,32). The number of carbonyl (C=O) groups excluding carboxylic acids is 3. The highest BCUT2D eigenvalue weighted by atomic mass is 32.2. The number of hydrogen-bond donors (Lipinski definition) is 8. The zero-order valence-corrected chi connectivity index (χ0v) is 20.6. The van der Waals surface area contributed by atoms with Crippen molar-refractivity contribution in [2.75, 3.05) is 17.8 Å². The average Bonchev–Trinajstić information content (AvgIpc) is 2.79. The largest absolute Gasteiger partial charge is 0.508 e. The first-order valence-corrected chi connectivity index (χ1v) is 12.5. The topological polar surface area (TPSA) is 191 Å². The van der Waals surface area contributed by atoms with Crippen LogP contribution in [0.4, 0.5) is 0 Å². The number of amides is 3. The molecule has 0 heterocycles. The number of thiol groups is 1. The van der Waals surface area contributed by atoms with Crippen molar-refractivity contribution in [3.05, 3.63) is 29.8 Å². The molecule has 5 unspecified atom stereocenters. The number of nitrogens with two attached hydrogens (primary N) is 1. The van der Waals surface area contributed by atoms with Gasteiger partial charge < -0.3 is 37.0 Å². The van der Waals surface area contributed by atoms with Crippen LogP contribution in [-0.4, -0.2) is 87.0 Å². The van der Waals surface area contributed by atoms with Crippen LogP contribution in [0.2, 0.25) is 0 Å². The van der Waals surface area contributed by atoms with E-state index in [9.17, 15) is 34.5 Å². The Morgan fingerprint density at radius 2 is 1.59 bits per heavy atom. The summed E-state index contributed by atoms with van der Waals surface area (Å²) in [6.45, 7) is 1.22. The molecule has 0 aliphatic heterocycles. The molecule has 0 aromatic heterocycles. The molecule has 190 valence electrons. The summed E-state index contributed by atoms with van der Waals surface area (Å²) in [5.74, 6) is -2.94. The van der Waals surface area contributed by atoms with Crippen molar-refractivity contribution in [1.29, 1.82) is 0 Å². The second kappa shape index (κ2) is 14.7. The lowest BCUT2D eigenvalue weighted by Crippen LogP contribution is -2.58. The molecule has 8 N–H and O–H groups in total. The number of rotatable bonds is 14. The van der Waals surface area contributed by atoms with E-state index in [2.05, 4.69) is 28.6 Å². The van der Waals surface area contributed by atoms with Gasteiger partial charge in [-0.05, 0) is 43.0 Å². The molecule has 13 heteroatoms. The molecule has 0 aliphatic rings. The fourth-order valence-electron chi connectivity index (χ4n) is 2.86. The minimum absolute atomic E-state index is 0.0331. The van der Waals surface area contributed by atoms with Crippen LogP contribution in [-0.2, 0) is 25.6 Å². The molecule has 34 heavy (non-hydrogen) atoms. The third-order valence-electron chi connectivity index (χ3n) is 4.83. The fourth-order valence-corrected chi connectivity index (χ4v) is 3.50. The van der Waals surface area contributed by atoms with Crippen LogP contribution in [0.5, 0.6) is 5.75 Å². The second-order valence-corrected chi connectivity index (χ2v) is 8.98. The Balaban J connectivity index is 3.09. The van der Waals surface area contributed by atoms with E-state index in [4.69, 9.17) is 5.73 Å². The Morgan fingerprint density at radius 1 is 1.03 bits per heavy atom. The summed E-state index contributed by atoms with van der Waals surface area (Å²) in [7, 11) is 0. The smallest absolute Gasteiger partial charge is 0.328 e. The van der Waals surface area contributed by atoms with Crippen LogP contribution in [0, 0.1) is 0 Å². The van der Waals surface area contributed by atoms with Crippen molar-refractivity contribution in [3.63, 3.8) is 0 Å². The monoisotopic (exact) mass is 516 g/mol. The number of hydrogen-bond acceptors (Lipinski definition) is 9. The molecule has 1 aromatic rings. The highest BCUT2D eigenvalue weighted by Crippen LogP contribution is 2.12. The highest BCUT2D eigenvalue weighted by Gasteiger charge is 2.31. The molecule has 1 aromatic carbocycles. The van der Waals surface area contributed by atoms with Crippen molar-refractivity contribution >= 4 is 48.1 Å². The Kier molecular flexibility index (Phi) is 12.8. The van der Waals surface area contributed by atoms with Gasteiger partial charge in [-0.1, -0.05) is 12.1 Å². The Morgan fingerprint density at radius 3 is 2.09 bits per heavy atom. The SMILES string of the molecule is CSCCC(NC(=O)C(Cc1ccc(O)cc1)NC(=O)C(N)CS)C(=O)NC(C(=O)O)C(C)O. The maximum Gasteiger partial charge on any atom is 0.328 e. The van der Waals surface area contributed by atoms with Gasteiger partial charge in [0.15, 0.2) is 6.04 Å². The third-order valence-corrected chi connectivity index (χ3v) is 5.87. The van der Waals surface area contributed by atoms with Crippen molar-refractivity contribution in [3.8, 4) is 5.75 Å². The quantitative estimate of drug-likeness (QED) is 0.141. The summed E-state index contributed by atoms with van der Waals surface area (Å²) in [6, 6.07) is 1.29. The number of phenols is 1. The first kappa shape index (κ1) is 29.6. The van der Waals surface area contributed by atoms with E-state index in [1.54, 1.807) is 18.4 Å². The first-order chi connectivity index (χ1) is 16.0. The third kappa shape index (κ3) is 9.79. The summed E-state index contributed by atoms with van der Waals surface area (Å²) in [4.78, 5) is 49.5. The minimum Gasteiger partial charge on any atom is -0.508 e. The minimum atomic E-state index is -1.55. The van der Waals surface area contributed by atoms with Gasteiger partial charge >= 0.3 is 5.97 Å². The molecule has 1 rings (SSSR count). The number of benzene rings is 1. The van der Waals surface area contributed by atoms with Crippen molar-refractivity contribution in [2.24, 2.45) is 5.73 Å². The summed E-state index contributed by atoms with van der Waals surface area (Å²) >= 11 is 5.41. The van der Waals surface area contributed by atoms with Gasteiger partial charge in [0.25, 0.3) is 0 Å². The number of thioether (sulfide) groups is 1. The number of carboxylic acid groups (broad SMARTS) is 1. The molecule has 3 amide bonds. The van der Waals surface area contributed by atoms with Gasteiger partial charge in [-0.25, -0.2) is 4.79 Å². The van der Waals surface area contributed by atoms with Crippen LogP contribution < -0.4 is 21.7 Å². The van der Waals surface area contributed by atoms with Gasteiger partial charge in [0.05, 0.1) is 12.1 Å². The van der Waals surface area contributed by atoms with Crippen molar-refractivity contribution in [1.82, 2.24) is 16.0 Å². The lowest BCUT2D eigenvalue weighted by Gasteiger charge is -2.25. The molecule has 0 saturated heterocycles. The number of aliphatic hydroxyl groups excluding tert-OH is 1. The number of aromatic hydroxyl groups is 1. The highest BCUT2D eigenvalue weighted by molar-refractivity contribution is 7.98. The summed E-state index contributed by atoms with van der Waals surface area (Å²) in [5, 5.41) is 35.7. The van der Waals surface area contributed by atoms with E-state index in [0.717, 1.165) is 0 Å². The van der Waals surface area contributed by atoms with E-state index in [-0.39, 0.29) is 24.3 Å². The van der Waals surface area contributed by atoms with Gasteiger partial charge in [-0.3, -0.25) is 14.4 Å². The molecule has 0 saturated carbocycles. The van der Waals surface area contributed by atoms with Gasteiger partial charge in [0.1, 0.15) is 17.8 Å². The Hall–Kier alpha value is -2.48. The number of carboxylic acids is 1. The van der Waals surface area contributed by atoms with E-state index in [0.29, 0.717) is 11.3 Å². The van der Waals surface area contributed by atoms with E-state index in [1.165, 1.54) is 30.8 Å². The van der Waals surface area contributed by atoms with E-state index >= 15 is 0 Å². The number of carbonyl (C=O) groups is 4. The molecule has 0 spiro atoms. The molecular weight excluding hydrogens is 484 g/mol. The van der Waals surface area contributed by atoms with Gasteiger partial charge in [-0.2, -0.15) is 24.4 Å². The van der Waals surface area contributed by atoms with Gasteiger partial charge in [0, 0.05) is 12.2 Å². The number of nitrogens with one attached hydrogen (secondary N) is 3. The first-order valence-electron chi connectivity index (χ1n) is 10.4. The van der Waals surface area contributed by atoms with Crippen molar-refractivity contribution in [2.45, 2.75) is 50.0 Å². The molecule has 0 aliphatic carbocycles. The van der Waals surface area contributed by atoms with Gasteiger partial charge in [-0.15, -0.1) is 0 Å². The summed E-state index contributed by atoms with van der Waals surface area (Å²) < 4.78 is 0. The predicted octanol–water partition coefficient (Wildman–Crippen LogP) is -1.14. The predicted molar refractivity (Wildman–Crippen MR) is 132 cm³/mol. The van der Waals surface area contributed by atoms with Crippen LogP contribution in [0.25, 0.3) is 0 Å². The molecule has 5 atom stereocenters. The zero-order chi connectivity index (χ0) is 25.8. The second-order valence-electron chi connectivity index (χ2n) is 7.63. The normalized spacial score (nSPS) is 15.3. The van der Waals surface area contributed by atoms with Crippen LogP contribution >= 0.6 is 24.4 Å². The van der Waals surface area contributed by atoms with Crippen LogP contribution in [0.3, 0.4) is 0 Å². The van der Waals surface area contributed by atoms with Crippen LogP contribution in [0.1, 0.15) is 18.9 Å². The van der Waals surface area contributed by atoms with Crippen molar-refractivity contribution < 1.29 is 34.5 Å². The molecule has 0 bridgehead atoms. The van der Waals surface area contributed by atoms with E-state index in [1.807, 2.05) is 0 Å². The molecule has 0 fully saturated rings. The average molecular weight is 517 g/mol. The Bertz CT molecular complexity index is 839. The molecule has 11 nitrogen and oxygen atoms in total. The summed E-state index contributed by atoms with van der Waals surface area (Å²) in [5.41, 5.74) is 6.33. The maximum absolute atomic E-state index is 13.1. The molecule has 0 radical (unpaired) electrons. The number of aliphatic hydroxyl groups is 1.